The summed E-state index contributed by atoms with van der Waals surface area (Å²) in [5.74, 6) is 1.83. The Morgan fingerprint density at radius 2 is 2.12 bits per heavy atom. The highest BCUT2D eigenvalue weighted by molar-refractivity contribution is 5.11. The van der Waals surface area contributed by atoms with E-state index in [1.165, 1.54) is 37.8 Å². The van der Waals surface area contributed by atoms with Crippen LogP contribution in [0, 0.1) is 0 Å². The fraction of sp³-hybridized carbons (Fsp3) is 0.692. The molecular weight excluding hydrogens is 198 g/mol. The van der Waals surface area contributed by atoms with Crippen molar-refractivity contribution in [1.82, 2.24) is 9.97 Å². The number of rotatable bonds is 3. The standard InChI is InChI=1S/C13H21N3/c1-10(9-14)13-15-8-7-12(16-13)11-5-3-2-4-6-11/h7-8,10-11H,2-6,9,14H2,1H3. The normalized spacial score (nSPS) is 19.6. The van der Waals surface area contributed by atoms with Crippen LogP contribution in [0.15, 0.2) is 12.3 Å². The number of hydrogen-bond acceptors (Lipinski definition) is 3. The first-order chi connectivity index (χ1) is 7.81. The van der Waals surface area contributed by atoms with Crippen molar-refractivity contribution in [2.75, 3.05) is 6.54 Å². The van der Waals surface area contributed by atoms with Crippen LogP contribution < -0.4 is 5.73 Å². The fourth-order valence-electron chi connectivity index (χ4n) is 2.36. The third kappa shape index (κ3) is 2.59. The van der Waals surface area contributed by atoms with Crippen molar-refractivity contribution >= 4 is 0 Å². The molecule has 1 fully saturated rings. The van der Waals surface area contributed by atoms with Crippen molar-refractivity contribution < 1.29 is 0 Å². The minimum Gasteiger partial charge on any atom is -0.330 e. The second-order valence-corrected chi connectivity index (χ2v) is 4.81. The van der Waals surface area contributed by atoms with Crippen molar-refractivity contribution in [2.45, 2.75) is 50.9 Å². The molecule has 0 radical (unpaired) electrons. The predicted octanol–water partition coefficient (Wildman–Crippen LogP) is 2.59. The summed E-state index contributed by atoms with van der Waals surface area (Å²) >= 11 is 0. The van der Waals surface area contributed by atoms with Gasteiger partial charge in [-0.25, -0.2) is 9.97 Å². The Morgan fingerprint density at radius 1 is 1.38 bits per heavy atom. The van der Waals surface area contributed by atoms with Crippen molar-refractivity contribution in [2.24, 2.45) is 5.73 Å². The molecule has 0 bridgehead atoms. The van der Waals surface area contributed by atoms with Gasteiger partial charge in [0.25, 0.3) is 0 Å². The summed E-state index contributed by atoms with van der Waals surface area (Å²) in [5.41, 5.74) is 6.88. The van der Waals surface area contributed by atoms with Gasteiger partial charge in [0, 0.05) is 30.3 Å². The zero-order valence-electron chi connectivity index (χ0n) is 10.0. The van der Waals surface area contributed by atoms with Crippen LogP contribution in [-0.4, -0.2) is 16.5 Å². The van der Waals surface area contributed by atoms with E-state index in [4.69, 9.17) is 5.73 Å². The first kappa shape index (κ1) is 11.5. The fourth-order valence-corrected chi connectivity index (χ4v) is 2.36. The topological polar surface area (TPSA) is 51.8 Å². The van der Waals surface area contributed by atoms with Gasteiger partial charge in [0.1, 0.15) is 5.82 Å². The summed E-state index contributed by atoms with van der Waals surface area (Å²) in [7, 11) is 0. The smallest absolute Gasteiger partial charge is 0.132 e. The second-order valence-electron chi connectivity index (χ2n) is 4.81. The van der Waals surface area contributed by atoms with Gasteiger partial charge in [-0.3, -0.25) is 0 Å². The maximum absolute atomic E-state index is 5.65. The quantitative estimate of drug-likeness (QED) is 0.850. The molecule has 1 aliphatic rings. The molecule has 1 aromatic rings. The van der Waals surface area contributed by atoms with E-state index in [1.54, 1.807) is 0 Å². The third-order valence-electron chi connectivity index (χ3n) is 3.51. The van der Waals surface area contributed by atoms with Crippen molar-refractivity contribution in [3.05, 3.63) is 23.8 Å². The van der Waals surface area contributed by atoms with E-state index in [2.05, 4.69) is 23.0 Å². The van der Waals surface area contributed by atoms with Gasteiger partial charge >= 0.3 is 0 Å². The lowest BCUT2D eigenvalue weighted by Crippen LogP contribution is -2.14. The van der Waals surface area contributed by atoms with Crippen LogP contribution in [0.5, 0.6) is 0 Å². The van der Waals surface area contributed by atoms with Crippen LogP contribution in [0.1, 0.15) is 62.4 Å². The largest absolute Gasteiger partial charge is 0.330 e. The first-order valence-electron chi connectivity index (χ1n) is 6.34. The molecule has 2 N–H and O–H groups in total. The minimum atomic E-state index is 0.267. The molecule has 3 nitrogen and oxygen atoms in total. The molecule has 3 heteroatoms. The maximum Gasteiger partial charge on any atom is 0.132 e. The van der Waals surface area contributed by atoms with Crippen LogP contribution in [0.25, 0.3) is 0 Å². The zero-order valence-corrected chi connectivity index (χ0v) is 10.0. The van der Waals surface area contributed by atoms with E-state index in [0.29, 0.717) is 12.5 Å². The second kappa shape index (κ2) is 5.39. The van der Waals surface area contributed by atoms with Crippen molar-refractivity contribution in [1.29, 1.82) is 0 Å². The Morgan fingerprint density at radius 3 is 2.81 bits per heavy atom. The van der Waals surface area contributed by atoms with Gasteiger partial charge in [0.15, 0.2) is 0 Å². The molecule has 1 unspecified atom stereocenters. The van der Waals surface area contributed by atoms with Gasteiger partial charge in [0.05, 0.1) is 0 Å². The minimum absolute atomic E-state index is 0.267. The summed E-state index contributed by atoms with van der Waals surface area (Å²) < 4.78 is 0. The lowest BCUT2D eigenvalue weighted by atomic mass is 9.87. The number of nitrogens with two attached hydrogens (primary N) is 1. The Hall–Kier alpha value is -0.960. The lowest BCUT2D eigenvalue weighted by Gasteiger charge is -2.21. The summed E-state index contributed by atoms with van der Waals surface area (Å²) in [4.78, 5) is 8.99. The SMILES string of the molecule is CC(CN)c1nccc(C2CCCCC2)n1. The Balaban J connectivity index is 2.14. The van der Waals surface area contributed by atoms with E-state index in [0.717, 1.165) is 5.82 Å². The van der Waals surface area contributed by atoms with Crippen molar-refractivity contribution in [3.63, 3.8) is 0 Å². The van der Waals surface area contributed by atoms with E-state index in [1.807, 2.05) is 6.20 Å². The van der Waals surface area contributed by atoms with Crippen molar-refractivity contribution in [3.8, 4) is 0 Å². The van der Waals surface area contributed by atoms with Gasteiger partial charge in [-0.05, 0) is 18.9 Å². The van der Waals surface area contributed by atoms with E-state index in [-0.39, 0.29) is 5.92 Å². The van der Waals surface area contributed by atoms with E-state index >= 15 is 0 Å². The summed E-state index contributed by atoms with van der Waals surface area (Å²) in [6.07, 6.45) is 8.53. The van der Waals surface area contributed by atoms with Crippen LogP contribution >= 0.6 is 0 Å². The molecule has 0 aliphatic heterocycles. The summed E-state index contributed by atoms with van der Waals surface area (Å²) in [5, 5.41) is 0. The van der Waals surface area contributed by atoms with Gasteiger partial charge in [-0.1, -0.05) is 26.2 Å². The number of nitrogens with zero attached hydrogens (tertiary/aromatic N) is 2. The van der Waals surface area contributed by atoms with Crippen LogP contribution in [-0.2, 0) is 0 Å². The predicted molar refractivity (Wildman–Crippen MR) is 65.3 cm³/mol. The Bertz CT molecular complexity index is 332. The highest BCUT2D eigenvalue weighted by Crippen LogP contribution is 2.31. The Labute approximate surface area is 97.5 Å². The molecule has 0 spiro atoms. The molecule has 0 saturated heterocycles. The summed E-state index contributed by atoms with van der Waals surface area (Å²) in [6, 6.07) is 2.07. The van der Waals surface area contributed by atoms with E-state index < -0.39 is 0 Å². The number of aromatic nitrogens is 2. The van der Waals surface area contributed by atoms with Gasteiger partial charge < -0.3 is 5.73 Å². The third-order valence-corrected chi connectivity index (χ3v) is 3.51. The molecule has 16 heavy (non-hydrogen) atoms. The van der Waals surface area contributed by atoms with Gasteiger partial charge in [0.2, 0.25) is 0 Å². The molecule has 2 rings (SSSR count). The number of hydrogen-bond donors (Lipinski definition) is 1. The molecule has 1 saturated carbocycles. The monoisotopic (exact) mass is 219 g/mol. The average Bonchev–Trinajstić information content (AvgIpc) is 2.39. The van der Waals surface area contributed by atoms with Gasteiger partial charge in [-0.15, -0.1) is 0 Å². The zero-order chi connectivity index (χ0) is 11.4. The first-order valence-corrected chi connectivity index (χ1v) is 6.34. The molecule has 0 amide bonds. The molecule has 1 aromatic heterocycles. The van der Waals surface area contributed by atoms with Gasteiger partial charge in [-0.2, -0.15) is 0 Å². The average molecular weight is 219 g/mol. The molecular formula is C13H21N3. The summed E-state index contributed by atoms with van der Waals surface area (Å²) in [6.45, 7) is 2.70. The molecule has 1 aliphatic carbocycles. The maximum atomic E-state index is 5.65. The highest BCUT2D eigenvalue weighted by atomic mass is 14.9. The lowest BCUT2D eigenvalue weighted by molar-refractivity contribution is 0.434. The molecule has 1 heterocycles. The van der Waals surface area contributed by atoms with Crippen LogP contribution in [0.2, 0.25) is 0 Å². The highest BCUT2D eigenvalue weighted by Gasteiger charge is 2.18. The molecule has 1 atom stereocenters. The van der Waals surface area contributed by atoms with Crippen LogP contribution in [0.3, 0.4) is 0 Å². The molecule has 88 valence electrons. The van der Waals surface area contributed by atoms with E-state index in [9.17, 15) is 0 Å². The molecule has 0 aromatic carbocycles. The van der Waals surface area contributed by atoms with Crippen LogP contribution in [0.4, 0.5) is 0 Å². The Kier molecular flexibility index (Phi) is 3.88.